The molecule has 1 fully saturated rings. The maximum absolute atomic E-state index is 12.4. The minimum Gasteiger partial charge on any atom is -0.337 e. The first kappa shape index (κ1) is 16.7. The molecule has 0 N–H and O–H groups in total. The summed E-state index contributed by atoms with van der Waals surface area (Å²) in [7, 11) is 0. The Kier molecular flexibility index (Phi) is 5.26. The van der Waals surface area contributed by atoms with Crippen molar-refractivity contribution in [3.63, 3.8) is 0 Å². The van der Waals surface area contributed by atoms with Gasteiger partial charge in [-0.05, 0) is 42.7 Å². The largest absolute Gasteiger partial charge is 0.337 e. The maximum Gasteiger partial charge on any atom is 0.224 e. The number of benzene rings is 1. The van der Waals surface area contributed by atoms with Gasteiger partial charge in [-0.1, -0.05) is 23.8 Å². The Morgan fingerprint density at radius 1 is 1.00 bits per heavy atom. The number of aromatic nitrogens is 1. The molecular formula is C20H25N3O. The number of amides is 1. The first-order chi connectivity index (χ1) is 11.6. The third-order valence-corrected chi connectivity index (χ3v) is 4.70. The molecule has 0 spiro atoms. The van der Waals surface area contributed by atoms with Crippen LogP contribution in [0.1, 0.15) is 28.7 Å². The lowest BCUT2D eigenvalue weighted by atomic mass is 10.1. The summed E-state index contributed by atoms with van der Waals surface area (Å²) < 4.78 is 0. The Morgan fingerprint density at radius 3 is 2.58 bits per heavy atom. The highest BCUT2D eigenvalue weighted by atomic mass is 16.2. The van der Waals surface area contributed by atoms with Crippen LogP contribution in [-0.4, -0.2) is 40.3 Å². The molecule has 0 bridgehead atoms. The van der Waals surface area contributed by atoms with Crippen LogP contribution in [-0.2, 0) is 17.9 Å². The molecule has 0 radical (unpaired) electrons. The first-order valence-corrected chi connectivity index (χ1v) is 8.57. The van der Waals surface area contributed by atoms with E-state index in [1.807, 2.05) is 17.0 Å². The zero-order valence-corrected chi connectivity index (χ0v) is 14.5. The zero-order chi connectivity index (χ0) is 16.9. The standard InChI is InChI=1S/C20H25N3O/c1-16-3-4-17(2)19(13-16)15-22-10-7-20(24)23(12-11-22)14-18-5-8-21-9-6-18/h3-6,8-9,13H,7,10-12,14-15H2,1-2H3. The Balaban J connectivity index is 1.63. The molecule has 1 aromatic carbocycles. The zero-order valence-electron chi connectivity index (χ0n) is 14.5. The molecule has 1 aliphatic rings. The van der Waals surface area contributed by atoms with E-state index in [9.17, 15) is 4.79 Å². The molecule has 0 aliphatic carbocycles. The van der Waals surface area contributed by atoms with Gasteiger partial charge < -0.3 is 4.90 Å². The summed E-state index contributed by atoms with van der Waals surface area (Å²) in [6, 6.07) is 10.6. The highest BCUT2D eigenvalue weighted by Crippen LogP contribution is 2.16. The summed E-state index contributed by atoms with van der Waals surface area (Å²) in [4.78, 5) is 20.8. The molecule has 0 saturated carbocycles. The lowest BCUT2D eigenvalue weighted by Gasteiger charge is -2.23. The van der Waals surface area contributed by atoms with E-state index in [1.165, 1.54) is 16.7 Å². The highest BCUT2D eigenvalue weighted by molar-refractivity contribution is 5.76. The van der Waals surface area contributed by atoms with Gasteiger partial charge in [0.15, 0.2) is 0 Å². The quantitative estimate of drug-likeness (QED) is 0.868. The van der Waals surface area contributed by atoms with E-state index in [0.29, 0.717) is 13.0 Å². The van der Waals surface area contributed by atoms with Crippen molar-refractivity contribution in [1.82, 2.24) is 14.8 Å². The van der Waals surface area contributed by atoms with E-state index in [4.69, 9.17) is 0 Å². The summed E-state index contributed by atoms with van der Waals surface area (Å²) in [5, 5.41) is 0. The van der Waals surface area contributed by atoms with Crippen molar-refractivity contribution in [1.29, 1.82) is 0 Å². The summed E-state index contributed by atoms with van der Waals surface area (Å²) in [5.74, 6) is 0.246. The van der Waals surface area contributed by atoms with Crippen LogP contribution in [0.5, 0.6) is 0 Å². The van der Waals surface area contributed by atoms with Gasteiger partial charge in [-0.2, -0.15) is 0 Å². The minimum atomic E-state index is 0.246. The van der Waals surface area contributed by atoms with Crippen molar-refractivity contribution in [3.8, 4) is 0 Å². The second-order valence-electron chi connectivity index (χ2n) is 6.63. The molecule has 3 rings (SSSR count). The normalized spacial score (nSPS) is 16.2. The summed E-state index contributed by atoms with van der Waals surface area (Å²) >= 11 is 0. The van der Waals surface area contributed by atoms with E-state index in [1.54, 1.807) is 12.4 Å². The smallest absolute Gasteiger partial charge is 0.224 e. The molecule has 4 nitrogen and oxygen atoms in total. The first-order valence-electron chi connectivity index (χ1n) is 8.57. The van der Waals surface area contributed by atoms with Crippen molar-refractivity contribution in [3.05, 3.63) is 65.0 Å². The average molecular weight is 323 g/mol. The SMILES string of the molecule is Cc1ccc(C)c(CN2CCC(=O)N(Cc3ccncc3)CC2)c1. The minimum absolute atomic E-state index is 0.246. The van der Waals surface area contributed by atoms with Gasteiger partial charge in [-0.3, -0.25) is 14.7 Å². The third kappa shape index (κ3) is 4.20. The molecule has 1 aromatic heterocycles. The van der Waals surface area contributed by atoms with Crippen LogP contribution in [0.3, 0.4) is 0 Å². The molecule has 24 heavy (non-hydrogen) atoms. The van der Waals surface area contributed by atoms with Crippen molar-refractivity contribution < 1.29 is 4.79 Å². The van der Waals surface area contributed by atoms with Gasteiger partial charge in [0.2, 0.25) is 5.91 Å². The summed E-state index contributed by atoms with van der Waals surface area (Å²) in [6.45, 7) is 8.43. The number of rotatable bonds is 4. The molecule has 1 amide bonds. The summed E-state index contributed by atoms with van der Waals surface area (Å²) in [6.07, 6.45) is 4.16. The number of carbonyl (C=O) groups excluding carboxylic acids is 1. The molecule has 0 atom stereocenters. The van der Waals surface area contributed by atoms with Gasteiger partial charge in [-0.15, -0.1) is 0 Å². The van der Waals surface area contributed by atoms with Crippen LogP contribution in [0.15, 0.2) is 42.7 Å². The van der Waals surface area contributed by atoms with Crippen molar-refractivity contribution in [2.75, 3.05) is 19.6 Å². The summed E-state index contributed by atoms with van der Waals surface area (Å²) in [5.41, 5.74) is 5.12. The van der Waals surface area contributed by atoms with Gasteiger partial charge in [-0.25, -0.2) is 0 Å². The molecule has 1 saturated heterocycles. The fraction of sp³-hybridized carbons (Fsp3) is 0.400. The van der Waals surface area contributed by atoms with Gasteiger partial charge in [0, 0.05) is 51.5 Å². The third-order valence-electron chi connectivity index (χ3n) is 4.70. The van der Waals surface area contributed by atoms with E-state index in [2.05, 4.69) is 41.9 Å². The molecule has 0 unspecified atom stereocenters. The fourth-order valence-corrected chi connectivity index (χ4v) is 3.16. The second-order valence-corrected chi connectivity index (χ2v) is 6.63. The maximum atomic E-state index is 12.4. The fourth-order valence-electron chi connectivity index (χ4n) is 3.16. The Labute approximate surface area is 144 Å². The Morgan fingerprint density at radius 2 is 1.79 bits per heavy atom. The molecule has 4 heteroatoms. The predicted octanol–water partition coefficient (Wildman–Crippen LogP) is 2.93. The Bertz CT molecular complexity index is 699. The van der Waals surface area contributed by atoms with Crippen molar-refractivity contribution >= 4 is 5.91 Å². The van der Waals surface area contributed by atoms with Gasteiger partial charge in [0.05, 0.1) is 0 Å². The van der Waals surface area contributed by atoms with Crippen LogP contribution < -0.4 is 0 Å². The van der Waals surface area contributed by atoms with E-state index >= 15 is 0 Å². The highest BCUT2D eigenvalue weighted by Gasteiger charge is 2.21. The number of carbonyl (C=O) groups is 1. The number of hydrogen-bond acceptors (Lipinski definition) is 3. The van der Waals surface area contributed by atoms with Gasteiger partial charge in [0.1, 0.15) is 0 Å². The van der Waals surface area contributed by atoms with Crippen LogP contribution in [0.2, 0.25) is 0 Å². The van der Waals surface area contributed by atoms with Crippen LogP contribution >= 0.6 is 0 Å². The van der Waals surface area contributed by atoms with Gasteiger partial charge >= 0.3 is 0 Å². The molecule has 2 heterocycles. The van der Waals surface area contributed by atoms with E-state index in [-0.39, 0.29) is 5.91 Å². The average Bonchev–Trinajstić information content (AvgIpc) is 2.75. The van der Waals surface area contributed by atoms with E-state index in [0.717, 1.165) is 31.7 Å². The second kappa shape index (κ2) is 7.58. The van der Waals surface area contributed by atoms with Crippen molar-refractivity contribution in [2.24, 2.45) is 0 Å². The Hall–Kier alpha value is -2.20. The molecular weight excluding hydrogens is 298 g/mol. The lowest BCUT2D eigenvalue weighted by molar-refractivity contribution is -0.130. The molecule has 126 valence electrons. The van der Waals surface area contributed by atoms with Crippen LogP contribution in [0, 0.1) is 13.8 Å². The number of aryl methyl sites for hydroxylation is 2. The number of pyridine rings is 1. The monoisotopic (exact) mass is 323 g/mol. The van der Waals surface area contributed by atoms with Gasteiger partial charge in [0.25, 0.3) is 0 Å². The number of nitrogens with zero attached hydrogens (tertiary/aromatic N) is 3. The number of hydrogen-bond donors (Lipinski definition) is 0. The van der Waals surface area contributed by atoms with Crippen LogP contribution in [0.25, 0.3) is 0 Å². The molecule has 1 aliphatic heterocycles. The predicted molar refractivity (Wildman–Crippen MR) is 95.5 cm³/mol. The lowest BCUT2D eigenvalue weighted by Crippen LogP contribution is -2.32. The van der Waals surface area contributed by atoms with Crippen LogP contribution in [0.4, 0.5) is 0 Å². The van der Waals surface area contributed by atoms with E-state index < -0.39 is 0 Å². The molecule has 2 aromatic rings. The van der Waals surface area contributed by atoms with Crippen molar-refractivity contribution in [2.45, 2.75) is 33.4 Å². The topological polar surface area (TPSA) is 36.4 Å².